The summed E-state index contributed by atoms with van der Waals surface area (Å²) >= 11 is 0. The van der Waals surface area contributed by atoms with Crippen LogP contribution in [0, 0.1) is 35.8 Å². The molecule has 0 bridgehead atoms. The molecule has 3 aromatic carbocycles. The average molecular weight is 604 g/mol. The molecule has 0 amide bonds. The second-order valence-corrected chi connectivity index (χ2v) is 12.6. The number of terminal acetylenes is 1. The summed E-state index contributed by atoms with van der Waals surface area (Å²) < 4.78 is 51.8. The molecule has 0 saturated carbocycles. The lowest BCUT2D eigenvalue weighted by Gasteiger charge is -2.46. The van der Waals surface area contributed by atoms with Crippen LogP contribution in [0.2, 0.25) is 0 Å². The number of benzene rings is 3. The van der Waals surface area contributed by atoms with E-state index in [0.717, 1.165) is 19.4 Å². The first-order valence-corrected chi connectivity index (χ1v) is 15.0. The number of nitrogens with zero attached hydrogens (tertiary/aromatic N) is 3. The first-order valence-electron chi connectivity index (χ1n) is 15.0. The summed E-state index contributed by atoms with van der Waals surface area (Å²) in [7, 11) is 0. The molecule has 4 N–H and O–H groups in total. The number of hydrogen-bond acceptors (Lipinski definition) is 7. The van der Waals surface area contributed by atoms with Gasteiger partial charge in [0.15, 0.2) is 5.82 Å². The molecule has 230 valence electrons. The largest absolute Gasteiger partial charge is 0.508 e. The molecular weight excluding hydrogens is 567 g/mol. The number of aromatic nitrogens is 2. The standard InChI is InChI=1S/C34H36F3N5O2/c1-4-24-28(36)10-7-20-13-23(43)14-27(29(20)24)25-8-9-26-31(30(25)37)40-33(41-32(26)42-16-21(17-42)34(2,3)38)44-18-19-6-5-11-39-15-22(35)12-19/h1,7-10,13-14,19,21-22,39,43H,5-6,11-12,15-18,38H2,2-3H3/t19-,22-/m1/s1. The predicted molar refractivity (Wildman–Crippen MR) is 167 cm³/mol. The van der Waals surface area contributed by atoms with Gasteiger partial charge in [-0.05, 0) is 80.8 Å². The van der Waals surface area contributed by atoms with Crippen LogP contribution >= 0.6 is 0 Å². The number of phenolic OH excluding ortho intramolecular Hbond substituents is 1. The van der Waals surface area contributed by atoms with E-state index in [9.17, 15) is 13.9 Å². The van der Waals surface area contributed by atoms with Crippen molar-refractivity contribution in [1.82, 2.24) is 15.3 Å². The topological polar surface area (TPSA) is 96.5 Å². The zero-order valence-corrected chi connectivity index (χ0v) is 24.8. The number of ether oxygens (including phenoxy) is 1. The van der Waals surface area contributed by atoms with Crippen LogP contribution in [-0.2, 0) is 0 Å². The van der Waals surface area contributed by atoms with E-state index in [1.807, 2.05) is 18.7 Å². The number of fused-ring (bicyclic) bond motifs is 2. The molecular formula is C34H36F3N5O2. The highest BCUT2D eigenvalue weighted by Gasteiger charge is 2.38. The summed E-state index contributed by atoms with van der Waals surface area (Å²) in [5.74, 6) is 1.63. The van der Waals surface area contributed by atoms with Crippen LogP contribution in [0.1, 0.15) is 38.7 Å². The third-order valence-corrected chi connectivity index (χ3v) is 8.85. The Kier molecular flexibility index (Phi) is 8.03. The van der Waals surface area contributed by atoms with E-state index in [1.54, 1.807) is 12.1 Å². The van der Waals surface area contributed by atoms with Crippen LogP contribution in [0.5, 0.6) is 11.8 Å². The summed E-state index contributed by atoms with van der Waals surface area (Å²) in [6, 6.07) is 8.81. The van der Waals surface area contributed by atoms with E-state index >= 15 is 4.39 Å². The number of alkyl halides is 1. The van der Waals surface area contributed by atoms with Gasteiger partial charge in [-0.3, -0.25) is 0 Å². The van der Waals surface area contributed by atoms with Crippen LogP contribution in [-0.4, -0.2) is 59.6 Å². The molecule has 0 spiro atoms. The molecule has 2 atom stereocenters. The van der Waals surface area contributed by atoms with Gasteiger partial charge < -0.3 is 25.8 Å². The van der Waals surface area contributed by atoms with Crippen LogP contribution in [0.25, 0.3) is 32.8 Å². The van der Waals surface area contributed by atoms with Gasteiger partial charge in [-0.25, -0.2) is 13.2 Å². The van der Waals surface area contributed by atoms with E-state index in [2.05, 4.69) is 16.2 Å². The molecule has 2 fully saturated rings. The molecule has 0 aliphatic carbocycles. The number of aromatic hydroxyl groups is 1. The van der Waals surface area contributed by atoms with Crippen LogP contribution in [0.4, 0.5) is 19.0 Å². The molecule has 2 saturated heterocycles. The van der Waals surface area contributed by atoms with E-state index in [0.29, 0.717) is 48.0 Å². The van der Waals surface area contributed by atoms with Gasteiger partial charge >= 0.3 is 6.01 Å². The Hall–Kier alpha value is -4.07. The highest BCUT2D eigenvalue weighted by Crippen LogP contribution is 2.41. The van der Waals surface area contributed by atoms with Crippen LogP contribution in [0.15, 0.2) is 36.4 Å². The summed E-state index contributed by atoms with van der Waals surface area (Å²) in [5, 5.41) is 14.8. The fraction of sp³-hybridized carbons (Fsp3) is 0.412. The second kappa shape index (κ2) is 11.8. The van der Waals surface area contributed by atoms with Gasteiger partial charge in [0.05, 0.1) is 12.2 Å². The molecule has 6 rings (SSSR count). The lowest BCUT2D eigenvalue weighted by Crippen LogP contribution is -2.59. The number of nitrogens with one attached hydrogen (secondary N) is 1. The molecule has 3 heterocycles. The second-order valence-electron chi connectivity index (χ2n) is 12.6. The van der Waals surface area contributed by atoms with Gasteiger partial charge in [-0.1, -0.05) is 18.1 Å². The SMILES string of the molecule is C#Cc1c(F)ccc2cc(O)cc(-c3ccc4c(N5CC(C(C)(C)N)C5)nc(OC[C@@H]5CCCNC[C@H](F)C5)nc4c3F)c12. The molecule has 0 unspecified atom stereocenters. The monoisotopic (exact) mass is 603 g/mol. The lowest BCUT2D eigenvalue weighted by molar-refractivity contribution is 0.166. The van der Waals surface area contributed by atoms with Gasteiger partial charge in [0.1, 0.15) is 29.1 Å². The average Bonchev–Trinajstić information content (AvgIpc) is 2.93. The molecule has 0 radical (unpaired) electrons. The Labute approximate surface area is 254 Å². The minimum atomic E-state index is -0.982. The molecule has 2 aliphatic rings. The summed E-state index contributed by atoms with van der Waals surface area (Å²) in [4.78, 5) is 11.2. The fourth-order valence-corrected chi connectivity index (χ4v) is 6.22. The minimum absolute atomic E-state index is 0.00859. The molecule has 1 aromatic heterocycles. The van der Waals surface area contributed by atoms with Crippen LogP contribution in [0.3, 0.4) is 0 Å². The first-order chi connectivity index (χ1) is 21.0. The van der Waals surface area contributed by atoms with Crippen molar-refractivity contribution in [2.24, 2.45) is 17.6 Å². The van der Waals surface area contributed by atoms with Crippen molar-refractivity contribution in [3.63, 3.8) is 0 Å². The maximum Gasteiger partial charge on any atom is 0.319 e. The van der Waals surface area contributed by atoms with E-state index in [1.165, 1.54) is 24.3 Å². The maximum absolute atomic E-state index is 16.6. The zero-order valence-electron chi connectivity index (χ0n) is 24.8. The Morgan fingerprint density at radius 3 is 2.70 bits per heavy atom. The van der Waals surface area contributed by atoms with Crippen molar-refractivity contribution in [3.8, 4) is 35.2 Å². The Morgan fingerprint density at radius 1 is 1.16 bits per heavy atom. The molecule has 2 aliphatic heterocycles. The van der Waals surface area contributed by atoms with E-state index in [-0.39, 0.29) is 52.4 Å². The number of hydrogen-bond donors (Lipinski definition) is 3. The lowest BCUT2D eigenvalue weighted by atomic mass is 9.82. The number of phenols is 1. The summed E-state index contributed by atoms with van der Waals surface area (Å²) in [5.41, 5.74) is 6.27. The fourth-order valence-electron chi connectivity index (χ4n) is 6.22. The smallest absolute Gasteiger partial charge is 0.319 e. The number of anilines is 1. The number of halogens is 3. The van der Waals surface area contributed by atoms with Gasteiger partial charge in [0.25, 0.3) is 0 Å². The quantitative estimate of drug-likeness (QED) is 0.244. The zero-order chi connectivity index (χ0) is 31.2. The molecule has 7 nitrogen and oxygen atoms in total. The molecule has 10 heteroatoms. The number of rotatable bonds is 6. The van der Waals surface area contributed by atoms with Crippen LogP contribution < -0.4 is 20.7 Å². The normalized spacial score (nSPS) is 19.8. The van der Waals surface area contributed by atoms with Crippen molar-refractivity contribution in [2.45, 2.75) is 44.8 Å². The first kappa shape index (κ1) is 30.0. The van der Waals surface area contributed by atoms with E-state index < -0.39 is 23.3 Å². The van der Waals surface area contributed by atoms with Gasteiger partial charge in [0, 0.05) is 47.4 Å². The predicted octanol–water partition coefficient (Wildman–Crippen LogP) is 5.70. The Balaban J connectivity index is 1.45. The van der Waals surface area contributed by atoms with Crippen molar-refractivity contribution < 1.29 is 23.0 Å². The molecule has 44 heavy (non-hydrogen) atoms. The summed E-state index contributed by atoms with van der Waals surface area (Å²) in [6.07, 6.45) is 6.71. The highest BCUT2D eigenvalue weighted by atomic mass is 19.1. The Morgan fingerprint density at radius 2 is 1.95 bits per heavy atom. The van der Waals surface area contributed by atoms with Gasteiger partial charge in [0.2, 0.25) is 0 Å². The number of nitrogens with two attached hydrogens (primary N) is 1. The Bertz CT molecular complexity index is 1760. The van der Waals surface area contributed by atoms with Crippen molar-refractivity contribution >= 4 is 27.5 Å². The van der Waals surface area contributed by atoms with Gasteiger partial charge in [-0.2, -0.15) is 9.97 Å². The third-order valence-electron chi connectivity index (χ3n) is 8.85. The van der Waals surface area contributed by atoms with Crippen molar-refractivity contribution in [3.05, 3.63) is 53.6 Å². The minimum Gasteiger partial charge on any atom is -0.508 e. The maximum atomic E-state index is 16.6. The van der Waals surface area contributed by atoms with Crippen molar-refractivity contribution in [1.29, 1.82) is 0 Å². The van der Waals surface area contributed by atoms with E-state index in [4.69, 9.17) is 21.9 Å². The third kappa shape index (κ3) is 5.74. The van der Waals surface area contributed by atoms with Gasteiger partial charge in [-0.15, -0.1) is 6.42 Å². The molecule has 4 aromatic rings. The summed E-state index contributed by atoms with van der Waals surface area (Å²) in [6.45, 7) is 6.45. The highest BCUT2D eigenvalue weighted by molar-refractivity contribution is 6.04. The van der Waals surface area contributed by atoms with Crippen molar-refractivity contribution in [2.75, 3.05) is 37.7 Å².